The third-order valence-corrected chi connectivity index (χ3v) is 7.84. The van der Waals surface area contributed by atoms with Crippen LogP contribution in [0.3, 0.4) is 0 Å². The van der Waals surface area contributed by atoms with Gasteiger partial charge in [-0.2, -0.15) is 0 Å². The predicted octanol–water partition coefficient (Wildman–Crippen LogP) is 4.53. The molecule has 0 fully saturated rings. The topological polar surface area (TPSA) is 96.0 Å². The summed E-state index contributed by atoms with van der Waals surface area (Å²) in [6.45, 7) is 8.67. The van der Waals surface area contributed by atoms with E-state index >= 15 is 0 Å². The fraction of sp³-hybridized carbons (Fsp3) is 0.333. The van der Waals surface area contributed by atoms with E-state index in [2.05, 4.69) is 5.32 Å². The van der Waals surface area contributed by atoms with Gasteiger partial charge in [0.25, 0.3) is 10.0 Å². The SMILES string of the molecule is COc1cccc(CN(C(=O)CN(c2cccc(C)c2)S(=O)(=O)c2ccccc2)[C@@H](C)C(=O)NC(C)(C)C)c1. The standard InChI is InChI=1S/C30H37N3O5S/c1-22-12-10-14-25(18-22)33(39(36,37)27-16-8-7-9-17-27)21-28(34)32(23(2)29(35)31-30(3,4)5)20-24-13-11-15-26(19-24)38-6/h7-19,23H,20-21H2,1-6H3,(H,31,35)/t23-/m0/s1. The lowest BCUT2D eigenvalue weighted by atomic mass is 10.1. The summed E-state index contributed by atoms with van der Waals surface area (Å²) in [5, 5.41) is 2.92. The maximum absolute atomic E-state index is 14.0. The van der Waals surface area contributed by atoms with Crippen LogP contribution >= 0.6 is 0 Å². The van der Waals surface area contributed by atoms with E-state index in [-0.39, 0.29) is 17.3 Å². The molecule has 3 aromatic carbocycles. The lowest BCUT2D eigenvalue weighted by Crippen LogP contribution is -2.54. The van der Waals surface area contributed by atoms with Gasteiger partial charge in [-0.1, -0.05) is 42.5 Å². The van der Waals surface area contributed by atoms with E-state index in [0.717, 1.165) is 15.4 Å². The third-order valence-electron chi connectivity index (χ3n) is 6.05. The van der Waals surface area contributed by atoms with Gasteiger partial charge >= 0.3 is 0 Å². The maximum Gasteiger partial charge on any atom is 0.264 e. The Morgan fingerprint density at radius 2 is 1.62 bits per heavy atom. The first kappa shape index (κ1) is 29.7. The summed E-state index contributed by atoms with van der Waals surface area (Å²) in [6, 6.07) is 21.3. The number of aryl methyl sites for hydroxylation is 1. The van der Waals surface area contributed by atoms with Gasteiger partial charge in [0, 0.05) is 12.1 Å². The molecule has 0 aliphatic carbocycles. The molecule has 208 valence electrons. The van der Waals surface area contributed by atoms with E-state index in [0.29, 0.717) is 11.4 Å². The van der Waals surface area contributed by atoms with E-state index < -0.39 is 34.1 Å². The molecule has 3 aromatic rings. The first-order valence-electron chi connectivity index (χ1n) is 12.7. The van der Waals surface area contributed by atoms with Crippen LogP contribution in [0.25, 0.3) is 0 Å². The highest BCUT2D eigenvalue weighted by Crippen LogP contribution is 2.25. The zero-order valence-corrected chi connectivity index (χ0v) is 24.2. The second-order valence-corrected chi connectivity index (χ2v) is 12.3. The molecule has 0 aliphatic heterocycles. The zero-order valence-electron chi connectivity index (χ0n) is 23.3. The summed E-state index contributed by atoms with van der Waals surface area (Å²) in [5.41, 5.74) is 1.44. The smallest absolute Gasteiger partial charge is 0.264 e. The lowest BCUT2D eigenvalue weighted by Gasteiger charge is -2.33. The molecule has 0 aromatic heterocycles. The molecule has 0 aliphatic rings. The molecule has 0 unspecified atom stereocenters. The van der Waals surface area contributed by atoms with E-state index in [4.69, 9.17) is 4.74 Å². The lowest BCUT2D eigenvalue weighted by molar-refractivity contribution is -0.140. The van der Waals surface area contributed by atoms with Gasteiger partial charge in [-0.05, 0) is 82.1 Å². The molecule has 2 amide bonds. The minimum Gasteiger partial charge on any atom is -0.497 e. The van der Waals surface area contributed by atoms with Crippen molar-refractivity contribution in [3.05, 3.63) is 90.0 Å². The van der Waals surface area contributed by atoms with Crippen molar-refractivity contribution in [2.24, 2.45) is 0 Å². The van der Waals surface area contributed by atoms with Crippen LogP contribution in [0.1, 0.15) is 38.8 Å². The number of rotatable bonds is 10. The summed E-state index contributed by atoms with van der Waals surface area (Å²) in [7, 11) is -2.54. The molecule has 0 saturated carbocycles. The van der Waals surface area contributed by atoms with Crippen LogP contribution in [-0.2, 0) is 26.2 Å². The third kappa shape index (κ3) is 7.83. The maximum atomic E-state index is 14.0. The molecule has 8 nitrogen and oxygen atoms in total. The van der Waals surface area contributed by atoms with Crippen LogP contribution in [0, 0.1) is 6.92 Å². The first-order chi connectivity index (χ1) is 18.3. The molecular formula is C30H37N3O5S. The Morgan fingerprint density at radius 1 is 0.949 bits per heavy atom. The number of nitrogens with zero attached hydrogens (tertiary/aromatic N) is 2. The van der Waals surface area contributed by atoms with Crippen molar-refractivity contribution in [2.45, 2.75) is 57.6 Å². The Kier molecular flexibility index (Phi) is 9.40. The molecular weight excluding hydrogens is 514 g/mol. The van der Waals surface area contributed by atoms with Gasteiger partial charge in [0.15, 0.2) is 0 Å². The molecule has 0 saturated heterocycles. The number of methoxy groups -OCH3 is 1. The minimum absolute atomic E-state index is 0.0668. The average Bonchev–Trinajstić information content (AvgIpc) is 2.89. The Bertz CT molecular complexity index is 1400. The van der Waals surface area contributed by atoms with Crippen LogP contribution < -0.4 is 14.4 Å². The minimum atomic E-state index is -4.09. The van der Waals surface area contributed by atoms with Crippen molar-refractivity contribution in [1.82, 2.24) is 10.2 Å². The van der Waals surface area contributed by atoms with Crippen LogP contribution in [0.4, 0.5) is 5.69 Å². The van der Waals surface area contributed by atoms with E-state index in [1.54, 1.807) is 68.6 Å². The Morgan fingerprint density at radius 3 is 2.23 bits per heavy atom. The molecule has 3 rings (SSSR count). The van der Waals surface area contributed by atoms with E-state index in [9.17, 15) is 18.0 Å². The monoisotopic (exact) mass is 551 g/mol. The van der Waals surface area contributed by atoms with Crippen molar-refractivity contribution in [2.75, 3.05) is 18.0 Å². The van der Waals surface area contributed by atoms with Gasteiger partial charge in [0.05, 0.1) is 17.7 Å². The van der Waals surface area contributed by atoms with Crippen molar-refractivity contribution < 1.29 is 22.7 Å². The van der Waals surface area contributed by atoms with Gasteiger partial charge in [-0.15, -0.1) is 0 Å². The normalized spacial score (nSPS) is 12.4. The van der Waals surface area contributed by atoms with Crippen molar-refractivity contribution in [1.29, 1.82) is 0 Å². The summed E-state index contributed by atoms with van der Waals surface area (Å²) >= 11 is 0. The summed E-state index contributed by atoms with van der Waals surface area (Å²) in [6.07, 6.45) is 0. The first-order valence-corrected chi connectivity index (χ1v) is 14.1. The molecule has 39 heavy (non-hydrogen) atoms. The molecule has 0 spiro atoms. The van der Waals surface area contributed by atoms with Gasteiger partial charge in [-0.3, -0.25) is 13.9 Å². The fourth-order valence-electron chi connectivity index (χ4n) is 4.06. The van der Waals surface area contributed by atoms with Crippen molar-refractivity contribution >= 4 is 27.5 Å². The van der Waals surface area contributed by atoms with E-state index in [1.165, 1.54) is 17.0 Å². The second kappa shape index (κ2) is 12.3. The number of benzene rings is 3. The quantitative estimate of drug-likeness (QED) is 0.399. The van der Waals surface area contributed by atoms with Crippen LogP contribution in [0.2, 0.25) is 0 Å². The van der Waals surface area contributed by atoms with Gasteiger partial charge in [0.1, 0.15) is 18.3 Å². The van der Waals surface area contributed by atoms with E-state index in [1.807, 2.05) is 39.8 Å². The molecule has 1 atom stereocenters. The summed E-state index contributed by atoms with van der Waals surface area (Å²) in [4.78, 5) is 28.6. The highest BCUT2D eigenvalue weighted by atomic mass is 32.2. The highest BCUT2D eigenvalue weighted by molar-refractivity contribution is 7.92. The number of sulfonamides is 1. The molecule has 1 N–H and O–H groups in total. The van der Waals surface area contributed by atoms with Crippen molar-refractivity contribution in [3.63, 3.8) is 0 Å². The molecule has 9 heteroatoms. The summed E-state index contributed by atoms with van der Waals surface area (Å²) in [5.74, 6) is -0.248. The number of amides is 2. The number of anilines is 1. The fourth-order valence-corrected chi connectivity index (χ4v) is 5.48. The second-order valence-electron chi connectivity index (χ2n) is 10.5. The Balaban J connectivity index is 2.04. The highest BCUT2D eigenvalue weighted by Gasteiger charge is 2.33. The van der Waals surface area contributed by atoms with Gasteiger partial charge in [-0.25, -0.2) is 8.42 Å². The van der Waals surface area contributed by atoms with Gasteiger partial charge < -0.3 is 15.0 Å². The number of carbonyl (C=O) groups excluding carboxylic acids is 2. The summed E-state index contributed by atoms with van der Waals surface area (Å²) < 4.78 is 34.0. The molecule has 0 heterocycles. The van der Waals surface area contributed by atoms with Gasteiger partial charge in [0.2, 0.25) is 11.8 Å². The van der Waals surface area contributed by atoms with Crippen LogP contribution in [-0.4, -0.2) is 50.4 Å². The number of hydrogen-bond acceptors (Lipinski definition) is 5. The van der Waals surface area contributed by atoms with Crippen molar-refractivity contribution in [3.8, 4) is 5.75 Å². The molecule has 0 radical (unpaired) electrons. The Labute approximate surface area is 231 Å². The number of nitrogens with one attached hydrogen (secondary N) is 1. The largest absolute Gasteiger partial charge is 0.497 e. The number of ether oxygens (including phenoxy) is 1. The number of hydrogen-bond donors (Lipinski definition) is 1. The number of carbonyl (C=O) groups is 2. The Hall–Kier alpha value is -3.85. The van der Waals surface area contributed by atoms with Crippen LogP contribution in [0.15, 0.2) is 83.8 Å². The molecule has 0 bridgehead atoms. The predicted molar refractivity (Wildman–Crippen MR) is 153 cm³/mol. The van der Waals surface area contributed by atoms with Crippen LogP contribution in [0.5, 0.6) is 5.75 Å². The average molecular weight is 552 g/mol. The zero-order chi connectivity index (χ0) is 28.8.